The van der Waals surface area contributed by atoms with Gasteiger partial charge >= 0.3 is 7.12 Å². The molecule has 28 heavy (non-hydrogen) atoms. The molecular formula is C21H17BFNO4. The highest BCUT2D eigenvalue weighted by Gasteiger charge is 2.29. The van der Waals surface area contributed by atoms with Crippen LogP contribution in [0.2, 0.25) is 0 Å². The lowest BCUT2D eigenvalue weighted by Crippen LogP contribution is -2.31. The number of ether oxygens (including phenoxy) is 1. The topological polar surface area (TPSA) is 67.8 Å². The molecule has 140 valence electrons. The van der Waals surface area contributed by atoms with Crippen LogP contribution in [0.4, 0.5) is 4.39 Å². The van der Waals surface area contributed by atoms with Crippen LogP contribution in [-0.4, -0.2) is 18.0 Å². The molecule has 2 N–H and O–H groups in total. The lowest BCUT2D eigenvalue weighted by atomic mass is 9.78. The maximum Gasteiger partial charge on any atom is 0.491 e. The first kappa shape index (κ1) is 18.2. The monoisotopic (exact) mass is 377 g/mol. The molecule has 7 heteroatoms. The molecule has 0 atom stereocenters. The van der Waals surface area contributed by atoms with Gasteiger partial charge in [0.1, 0.15) is 17.3 Å². The lowest BCUT2D eigenvalue weighted by molar-refractivity contribution is 0.0947. The molecule has 0 fully saturated rings. The van der Waals surface area contributed by atoms with E-state index in [4.69, 9.17) is 9.39 Å². The van der Waals surface area contributed by atoms with E-state index in [1.165, 1.54) is 12.1 Å². The number of benzene rings is 3. The average Bonchev–Trinajstić information content (AvgIpc) is 3.07. The molecule has 1 heterocycles. The van der Waals surface area contributed by atoms with Crippen molar-refractivity contribution in [3.63, 3.8) is 0 Å². The molecule has 4 rings (SSSR count). The molecule has 1 aliphatic rings. The van der Waals surface area contributed by atoms with Gasteiger partial charge in [0, 0.05) is 6.54 Å². The molecule has 1 amide bonds. The zero-order valence-corrected chi connectivity index (χ0v) is 14.9. The van der Waals surface area contributed by atoms with E-state index in [0.717, 1.165) is 11.3 Å². The number of carbonyl (C=O) groups is 1. The summed E-state index contributed by atoms with van der Waals surface area (Å²) in [6, 6.07) is 19.3. The van der Waals surface area contributed by atoms with Gasteiger partial charge in [-0.05, 0) is 53.0 Å². The molecule has 0 aromatic heterocycles. The number of rotatable bonds is 5. The Kier molecular flexibility index (Phi) is 5.10. The first-order chi connectivity index (χ1) is 13.6. The molecule has 3 aromatic rings. The Balaban J connectivity index is 1.39. The third kappa shape index (κ3) is 3.90. The molecule has 0 aliphatic carbocycles. The molecule has 0 bridgehead atoms. The number of amides is 1. The minimum Gasteiger partial charge on any atom is -0.457 e. The maximum absolute atomic E-state index is 14.2. The summed E-state index contributed by atoms with van der Waals surface area (Å²) in [6.07, 6.45) is 0. The minimum absolute atomic E-state index is 0.118. The smallest absolute Gasteiger partial charge is 0.457 e. The number of halogens is 1. The lowest BCUT2D eigenvalue weighted by Gasteiger charge is -2.09. The molecule has 1 aliphatic heterocycles. The second kappa shape index (κ2) is 7.84. The number of nitrogens with one attached hydrogen (secondary N) is 1. The van der Waals surface area contributed by atoms with Crippen molar-refractivity contribution >= 4 is 18.5 Å². The van der Waals surface area contributed by atoms with Crippen molar-refractivity contribution in [2.24, 2.45) is 0 Å². The number of fused-ring (bicyclic) bond motifs is 1. The van der Waals surface area contributed by atoms with E-state index in [2.05, 4.69) is 5.32 Å². The molecular weight excluding hydrogens is 360 g/mol. The van der Waals surface area contributed by atoms with Gasteiger partial charge in [0.05, 0.1) is 12.2 Å². The van der Waals surface area contributed by atoms with Crippen LogP contribution in [0.25, 0.3) is 0 Å². The van der Waals surface area contributed by atoms with E-state index in [1.807, 2.05) is 42.5 Å². The van der Waals surface area contributed by atoms with E-state index >= 15 is 0 Å². The highest BCUT2D eigenvalue weighted by atomic mass is 19.1. The zero-order valence-electron chi connectivity index (χ0n) is 14.9. The van der Waals surface area contributed by atoms with Crippen LogP contribution in [0.1, 0.15) is 21.5 Å². The molecule has 0 saturated carbocycles. The van der Waals surface area contributed by atoms with Crippen LogP contribution < -0.4 is 15.5 Å². The average molecular weight is 377 g/mol. The van der Waals surface area contributed by atoms with E-state index in [0.29, 0.717) is 16.8 Å². The van der Waals surface area contributed by atoms with E-state index in [9.17, 15) is 14.2 Å². The van der Waals surface area contributed by atoms with Gasteiger partial charge in [-0.25, -0.2) is 4.39 Å². The summed E-state index contributed by atoms with van der Waals surface area (Å²) < 4.78 is 25.0. The third-order valence-electron chi connectivity index (χ3n) is 4.49. The van der Waals surface area contributed by atoms with Gasteiger partial charge in [0.15, 0.2) is 0 Å². The van der Waals surface area contributed by atoms with Gasteiger partial charge in [0.2, 0.25) is 0 Å². The Hall–Kier alpha value is -3.16. The van der Waals surface area contributed by atoms with Crippen molar-refractivity contribution in [1.82, 2.24) is 5.32 Å². The minimum atomic E-state index is -1.13. The van der Waals surface area contributed by atoms with Crippen molar-refractivity contribution in [3.8, 4) is 11.5 Å². The summed E-state index contributed by atoms with van der Waals surface area (Å²) in [7, 11) is -1.13. The van der Waals surface area contributed by atoms with Gasteiger partial charge < -0.3 is 19.7 Å². The van der Waals surface area contributed by atoms with Crippen LogP contribution in [0, 0.1) is 5.82 Å². The maximum atomic E-state index is 14.2. The Labute approximate surface area is 161 Å². The predicted octanol–water partition coefficient (Wildman–Crippen LogP) is 2.77. The van der Waals surface area contributed by atoms with Gasteiger partial charge in [-0.2, -0.15) is 0 Å². The second-order valence-electron chi connectivity index (χ2n) is 6.44. The van der Waals surface area contributed by atoms with Crippen LogP contribution >= 0.6 is 0 Å². The fraction of sp³-hybridized carbons (Fsp3) is 0.0952. The molecule has 0 spiro atoms. The number of para-hydroxylation sites is 1. The van der Waals surface area contributed by atoms with Gasteiger partial charge in [-0.15, -0.1) is 0 Å². The van der Waals surface area contributed by atoms with Crippen molar-refractivity contribution in [3.05, 3.63) is 89.2 Å². The van der Waals surface area contributed by atoms with Crippen LogP contribution in [0.3, 0.4) is 0 Å². The molecule has 3 aromatic carbocycles. The highest BCUT2D eigenvalue weighted by molar-refractivity contribution is 6.61. The van der Waals surface area contributed by atoms with Gasteiger partial charge in [-0.3, -0.25) is 4.79 Å². The summed E-state index contributed by atoms with van der Waals surface area (Å²) >= 11 is 0. The van der Waals surface area contributed by atoms with Crippen LogP contribution in [0.5, 0.6) is 11.5 Å². The summed E-state index contributed by atoms with van der Waals surface area (Å²) in [6.45, 7) is 0.368. The fourth-order valence-corrected chi connectivity index (χ4v) is 3.00. The fourth-order valence-electron chi connectivity index (χ4n) is 3.00. The Morgan fingerprint density at radius 2 is 1.82 bits per heavy atom. The summed E-state index contributed by atoms with van der Waals surface area (Å²) in [4.78, 5) is 12.4. The first-order valence-electron chi connectivity index (χ1n) is 8.82. The quantitative estimate of drug-likeness (QED) is 0.671. The highest BCUT2D eigenvalue weighted by Crippen LogP contribution is 2.21. The van der Waals surface area contributed by atoms with Crippen LogP contribution in [0.15, 0.2) is 66.7 Å². The van der Waals surface area contributed by atoms with E-state index < -0.39 is 18.8 Å². The van der Waals surface area contributed by atoms with E-state index in [-0.39, 0.29) is 18.7 Å². The Morgan fingerprint density at radius 1 is 1.11 bits per heavy atom. The third-order valence-corrected chi connectivity index (χ3v) is 4.49. The first-order valence-corrected chi connectivity index (χ1v) is 8.82. The van der Waals surface area contributed by atoms with Crippen LogP contribution in [-0.2, 0) is 17.8 Å². The largest absolute Gasteiger partial charge is 0.491 e. The summed E-state index contributed by atoms with van der Waals surface area (Å²) in [5, 5.41) is 12.4. The second-order valence-corrected chi connectivity index (χ2v) is 6.44. The predicted molar refractivity (Wildman–Crippen MR) is 103 cm³/mol. The Morgan fingerprint density at radius 3 is 2.57 bits per heavy atom. The summed E-state index contributed by atoms with van der Waals surface area (Å²) in [5.41, 5.74) is 1.70. The molecule has 0 unspecified atom stereocenters. The summed E-state index contributed by atoms with van der Waals surface area (Å²) in [5.74, 6) is 0.228. The van der Waals surface area contributed by atoms with E-state index in [1.54, 1.807) is 12.1 Å². The SMILES string of the molecule is O=C(NCc1ccc(Oc2ccccc2)cc1)c1cc2c(cc1F)COB2O. The van der Waals surface area contributed by atoms with Crippen molar-refractivity contribution < 1.29 is 23.6 Å². The van der Waals surface area contributed by atoms with Crippen molar-refractivity contribution in [2.75, 3.05) is 0 Å². The number of hydrogen-bond acceptors (Lipinski definition) is 4. The number of hydrogen-bond donors (Lipinski definition) is 2. The van der Waals surface area contributed by atoms with Gasteiger partial charge in [-0.1, -0.05) is 30.3 Å². The Bertz CT molecular complexity index is 995. The molecule has 0 saturated heterocycles. The van der Waals surface area contributed by atoms with Gasteiger partial charge in [0.25, 0.3) is 5.91 Å². The zero-order chi connectivity index (χ0) is 19.5. The standard InChI is InChI=1S/C21H17BFNO4/c23-20-10-15-13-27-22(26)19(15)11-18(20)21(25)24-12-14-6-8-17(9-7-14)28-16-4-2-1-3-5-16/h1-11,26H,12-13H2,(H,24,25). The van der Waals surface area contributed by atoms with Crippen molar-refractivity contribution in [2.45, 2.75) is 13.2 Å². The number of carbonyl (C=O) groups excluding carboxylic acids is 1. The molecule has 5 nitrogen and oxygen atoms in total. The molecule has 0 radical (unpaired) electrons. The van der Waals surface area contributed by atoms with Crippen molar-refractivity contribution in [1.29, 1.82) is 0 Å². The normalized spacial score (nSPS) is 12.6.